The normalized spacial score (nSPS) is 30.4. The first-order chi connectivity index (χ1) is 6.99. The third kappa shape index (κ3) is 2.23. The van der Waals surface area contributed by atoms with Crippen molar-refractivity contribution in [3.8, 4) is 0 Å². The molecule has 1 heterocycles. The van der Waals surface area contributed by atoms with Crippen molar-refractivity contribution in [3.63, 3.8) is 0 Å². The standard InChI is InChI=1S/C13H19ClO/c1-9-6-10(8-15-9)12-7-11(14)4-5-13(12,2)3/h6,8,11-12H,4-5,7H2,1-3H3. The highest BCUT2D eigenvalue weighted by molar-refractivity contribution is 6.20. The van der Waals surface area contributed by atoms with Crippen molar-refractivity contribution < 1.29 is 4.42 Å². The van der Waals surface area contributed by atoms with Crippen LogP contribution in [0.2, 0.25) is 0 Å². The second kappa shape index (κ2) is 3.86. The van der Waals surface area contributed by atoms with Crippen molar-refractivity contribution in [2.24, 2.45) is 5.41 Å². The van der Waals surface area contributed by atoms with Crippen LogP contribution < -0.4 is 0 Å². The number of halogens is 1. The number of rotatable bonds is 1. The highest BCUT2D eigenvalue weighted by Crippen LogP contribution is 2.48. The predicted octanol–water partition coefficient (Wildman–Crippen LogP) is 4.49. The van der Waals surface area contributed by atoms with Gasteiger partial charge in [0.1, 0.15) is 5.76 Å². The number of aryl methyl sites for hydroxylation is 1. The molecule has 1 saturated carbocycles. The second-order valence-electron chi connectivity index (χ2n) is 5.40. The molecule has 1 aliphatic carbocycles. The third-order valence-electron chi connectivity index (χ3n) is 3.69. The summed E-state index contributed by atoms with van der Waals surface area (Å²) in [4.78, 5) is 0. The van der Waals surface area contributed by atoms with Crippen molar-refractivity contribution in [3.05, 3.63) is 23.7 Å². The molecule has 84 valence electrons. The fourth-order valence-corrected chi connectivity index (χ4v) is 2.92. The van der Waals surface area contributed by atoms with Gasteiger partial charge in [0.25, 0.3) is 0 Å². The van der Waals surface area contributed by atoms with E-state index in [9.17, 15) is 0 Å². The summed E-state index contributed by atoms with van der Waals surface area (Å²) in [6, 6.07) is 2.15. The number of furan rings is 1. The van der Waals surface area contributed by atoms with Crippen LogP contribution in [0.5, 0.6) is 0 Å². The van der Waals surface area contributed by atoms with E-state index in [4.69, 9.17) is 16.0 Å². The molecular weight excluding hydrogens is 208 g/mol. The molecule has 2 atom stereocenters. The number of hydrogen-bond acceptors (Lipinski definition) is 1. The van der Waals surface area contributed by atoms with Gasteiger partial charge >= 0.3 is 0 Å². The smallest absolute Gasteiger partial charge is 0.100 e. The van der Waals surface area contributed by atoms with Crippen molar-refractivity contribution in [1.29, 1.82) is 0 Å². The van der Waals surface area contributed by atoms with E-state index < -0.39 is 0 Å². The molecule has 0 radical (unpaired) electrons. The minimum Gasteiger partial charge on any atom is -0.469 e. The summed E-state index contributed by atoms with van der Waals surface area (Å²) in [6.45, 7) is 6.67. The maximum atomic E-state index is 6.26. The molecule has 2 heteroatoms. The van der Waals surface area contributed by atoms with Gasteiger partial charge in [0, 0.05) is 5.38 Å². The Morgan fingerprint density at radius 3 is 2.80 bits per heavy atom. The third-order valence-corrected chi connectivity index (χ3v) is 4.09. The van der Waals surface area contributed by atoms with E-state index in [2.05, 4.69) is 19.9 Å². The Labute approximate surface area is 96.8 Å². The summed E-state index contributed by atoms with van der Waals surface area (Å²) in [5.74, 6) is 1.55. The van der Waals surface area contributed by atoms with E-state index in [1.165, 1.54) is 12.0 Å². The fourth-order valence-electron chi connectivity index (χ4n) is 2.63. The molecule has 1 aromatic rings. The average Bonchev–Trinajstić information content (AvgIpc) is 2.56. The Bertz CT molecular complexity index is 340. The zero-order valence-corrected chi connectivity index (χ0v) is 10.5. The molecule has 0 aliphatic heterocycles. The zero-order valence-electron chi connectivity index (χ0n) is 9.72. The van der Waals surface area contributed by atoms with Gasteiger partial charge in [-0.1, -0.05) is 13.8 Å². The van der Waals surface area contributed by atoms with Gasteiger partial charge in [-0.15, -0.1) is 11.6 Å². The summed E-state index contributed by atoms with van der Waals surface area (Å²) < 4.78 is 5.40. The van der Waals surface area contributed by atoms with Gasteiger partial charge < -0.3 is 4.42 Å². The molecule has 2 rings (SSSR count). The molecule has 0 aromatic carbocycles. The monoisotopic (exact) mass is 226 g/mol. The summed E-state index contributed by atoms with van der Waals surface area (Å²) in [6.07, 6.45) is 5.32. The van der Waals surface area contributed by atoms with Gasteiger partial charge in [-0.3, -0.25) is 0 Å². The van der Waals surface area contributed by atoms with Crippen LogP contribution in [-0.4, -0.2) is 5.38 Å². The molecule has 0 N–H and O–H groups in total. The molecule has 1 aliphatic rings. The lowest BCUT2D eigenvalue weighted by Crippen LogP contribution is -2.30. The van der Waals surface area contributed by atoms with Gasteiger partial charge in [0.2, 0.25) is 0 Å². The van der Waals surface area contributed by atoms with E-state index in [-0.39, 0.29) is 0 Å². The minimum atomic E-state index is 0.332. The van der Waals surface area contributed by atoms with Crippen molar-refractivity contribution in [2.45, 2.75) is 51.3 Å². The fraction of sp³-hybridized carbons (Fsp3) is 0.692. The molecular formula is C13H19ClO. The van der Waals surface area contributed by atoms with Crippen molar-refractivity contribution >= 4 is 11.6 Å². The average molecular weight is 227 g/mol. The molecule has 0 spiro atoms. The van der Waals surface area contributed by atoms with Crippen LogP contribution in [-0.2, 0) is 0 Å². The molecule has 1 aromatic heterocycles. The van der Waals surface area contributed by atoms with Crippen LogP contribution in [0, 0.1) is 12.3 Å². The first-order valence-electron chi connectivity index (χ1n) is 5.68. The molecule has 0 bridgehead atoms. The molecule has 0 saturated heterocycles. The summed E-state index contributed by atoms with van der Waals surface area (Å²) >= 11 is 6.26. The van der Waals surface area contributed by atoms with E-state index in [1.807, 2.05) is 13.2 Å². The van der Waals surface area contributed by atoms with Crippen LogP contribution in [0.3, 0.4) is 0 Å². The van der Waals surface area contributed by atoms with E-state index >= 15 is 0 Å². The van der Waals surface area contributed by atoms with Crippen LogP contribution in [0.4, 0.5) is 0 Å². The zero-order chi connectivity index (χ0) is 11.1. The largest absolute Gasteiger partial charge is 0.469 e. The van der Waals surface area contributed by atoms with Gasteiger partial charge in [-0.2, -0.15) is 0 Å². The Morgan fingerprint density at radius 1 is 1.47 bits per heavy atom. The van der Waals surface area contributed by atoms with E-state index in [0.717, 1.165) is 18.6 Å². The Balaban J connectivity index is 2.25. The Kier molecular flexibility index (Phi) is 2.85. The van der Waals surface area contributed by atoms with Crippen LogP contribution >= 0.6 is 11.6 Å². The quantitative estimate of drug-likeness (QED) is 0.644. The van der Waals surface area contributed by atoms with Crippen LogP contribution in [0.15, 0.2) is 16.7 Å². The Morgan fingerprint density at radius 2 is 2.20 bits per heavy atom. The summed E-state index contributed by atoms with van der Waals surface area (Å²) in [7, 11) is 0. The molecule has 1 fully saturated rings. The van der Waals surface area contributed by atoms with Gasteiger partial charge in [0.15, 0.2) is 0 Å². The lowest BCUT2D eigenvalue weighted by atomic mass is 9.66. The molecule has 0 amide bonds. The maximum absolute atomic E-state index is 6.26. The summed E-state index contributed by atoms with van der Waals surface area (Å²) in [5, 5.41) is 0.332. The highest BCUT2D eigenvalue weighted by Gasteiger charge is 2.37. The van der Waals surface area contributed by atoms with Crippen LogP contribution in [0.25, 0.3) is 0 Å². The SMILES string of the molecule is Cc1cc(C2CC(Cl)CCC2(C)C)co1. The first-order valence-corrected chi connectivity index (χ1v) is 6.12. The first kappa shape index (κ1) is 11.1. The Hall–Kier alpha value is -0.430. The van der Waals surface area contributed by atoms with Gasteiger partial charge in [-0.25, -0.2) is 0 Å². The lowest BCUT2D eigenvalue weighted by molar-refractivity contribution is 0.202. The predicted molar refractivity (Wildman–Crippen MR) is 63.5 cm³/mol. The van der Waals surface area contributed by atoms with Gasteiger partial charge in [-0.05, 0) is 49.1 Å². The van der Waals surface area contributed by atoms with E-state index in [1.54, 1.807) is 0 Å². The number of hydrogen-bond donors (Lipinski definition) is 0. The molecule has 15 heavy (non-hydrogen) atoms. The van der Waals surface area contributed by atoms with Crippen LogP contribution in [0.1, 0.15) is 50.4 Å². The summed E-state index contributed by atoms with van der Waals surface area (Å²) in [5.41, 5.74) is 1.67. The molecule has 2 unspecified atom stereocenters. The molecule has 1 nitrogen and oxygen atoms in total. The van der Waals surface area contributed by atoms with Crippen molar-refractivity contribution in [2.75, 3.05) is 0 Å². The number of alkyl halides is 1. The lowest BCUT2D eigenvalue weighted by Gasteiger charge is -2.40. The maximum Gasteiger partial charge on any atom is 0.100 e. The van der Waals surface area contributed by atoms with Crippen molar-refractivity contribution in [1.82, 2.24) is 0 Å². The van der Waals surface area contributed by atoms with E-state index in [0.29, 0.717) is 16.7 Å². The second-order valence-corrected chi connectivity index (χ2v) is 6.02. The topological polar surface area (TPSA) is 13.1 Å². The minimum absolute atomic E-state index is 0.332. The highest BCUT2D eigenvalue weighted by atomic mass is 35.5. The van der Waals surface area contributed by atoms with Gasteiger partial charge in [0.05, 0.1) is 6.26 Å².